The van der Waals surface area contributed by atoms with Gasteiger partial charge in [-0.3, -0.25) is 4.79 Å². The molecule has 0 aliphatic carbocycles. The molecule has 0 saturated carbocycles. The standard InChI is InChI=1S/C16H21N3O/c1-17-11-16(20)19-9-5-4-8-15(19)14-10-12-6-2-3-7-13(12)18-14/h2-3,6-7,10,15,17-18H,4-5,8-9,11H2,1H3. The first-order chi connectivity index (χ1) is 9.79. The number of nitrogens with zero attached hydrogens (tertiary/aromatic N) is 1. The van der Waals surface area contributed by atoms with Crippen molar-refractivity contribution in [2.45, 2.75) is 25.3 Å². The Morgan fingerprint density at radius 3 is 3.05 bits per heavy atom. The summed E-state index contributed by atoms with van der Waals surface area (Å²) in [6, 6.07) is 10.7. The van der Waals surface area contributed by atoms with E-state index in [1.165, 1.54) is 11.8 Å². The maximum Gasteiger partial charge on any atom is 0.237 e. The van der Waals surface area contributed by atoms with E-state index in [9.17, 15) is 4.79 Å². The summed E-state index contributed by atoms with van der Waals surface area (Å²) >= 11 is 0. The molecule has 1 aliphatic heterocycles. The number of aromatic nitrogens is 1. The van der Waals surface area contributed by atoms with Gasteiger partial charge in [0.1, 0.15) is 0 Å². The number of H-pyrrole nitrogens is 1. The van der Waals surface area contributed by atoms with Gasteiger partial charge in [-0.25, -0.2) is 0 Å². The van der Waals surface area contributed by atoms with E-state index in [-0.39, 0.29) is 11.9 Å². The van der Waals surface area contributed by atoms with Crippen molar-refractivity contribution >= 4 is 16.8 Å². The van der Waals surface area contributed by atoms with E-state index < -0.39 is 0 Å². The Kier molecular flexibility index (Phi) is 3.74. The second kappa shape index (κ2) is 5.67. The number of fused-ring (bicyclic) bond motifs is 1. The molecule has 1 fully saturated rings. The van der Waals surface area contributed by atoms with E-state index >= 15 is 0 Å². The van der Waals surface area contributed by atoms with Gasteiger partial charge in [0.25, 0.3) is 0 Å². The van der Waals surface area contributed by atoms with E-state index in [0.29, 0.717) is 6.54 Å². The summed E-state index contributed by atoms with van der Waals surface area (Å²) < 4.78 is 0. The van der Waals surface area contributed by atoms with Gasteiger partial charge in [0.2, 0.25) is 5.91 Å². The first-order valence-electron chi connectivity index (χ1n) is 7.31. The molecule has 1 amide bonds. The number of nitrogens with one attached hydrogen (secondary N) is 2. The van der Waals surface area contributed by atoms with Crippen LogP contribution in [0.5, 0.6) is 0 Å². The Labute approximate surface area is 119 Å². The van der Waals surface area contributed by atoms with Gasteiger partial charge >= 0.3 is 0 Å². The minimum absolute atomic E-state index is 0.191. The number of likely N-dealkylation sites (tertiary alicyclic amines) is 1. The first-order valence-corrected chi connectivity index (χ1v) is 7.31. The Morgan fingerprint density at radius 1 is 1.40 bits per heavy atom. The highest BCUT2D eigenvalue weighted by Crippen LogP contribution is 2.32. The zero-order chi connectivity index (χ0) is 13.9. The number of benzene rings is 1. The largest absolute Gasteiger partial charge is 0.357 e. The molecule has 2 heterocycles. The molecule has 0 bridgehead atoms. The van der Waals surface area contributed by atoms with Crippen molar-refractivity contribution < 1.29 is 4.79 Å². The number of likely N-dealkylation sites (N-methyl/N-ethyl adjacent to an activating group) is 1. The summed E-state index contributed by atoms with van der Waals surface area (Å²) in [5.74, 6) is 0.191. The summed E-state index contributed by atoms with van der Waals surface area (Å²) in [6.07, 6.45) is 3.33. The van der Waals surface area contributed by atoms with Crippen molar-refractivity contribution in [3.8, 4) is 0 Å². The van der Waals surface area contributed by atoms with E-state index in [0.717, 1.165) is 30.6 Å². The summed E-state index contributed by atoms with van der Waals surface area (Å²) in [7, 11) is 1.82. The summed E-state index contributed by atoms with van der Waals surface area (Å²) in [6.45, 7) is 1.28. The monoisotopic (exact) mass is 271 g/mol. The molecule has 2 aromatic rings. The average Bonchev–Trinajstić information content (AvgIpc) is 2.91. The molecular weight excluding hydrogens is 250 g/mol. The topological polar surface area (TPSA) is 48.1 Å². The van der Waals surface area contributed by atoms with Crippen LogP contribution < -0.4 is 5.32 Å². The minimum Gasteiger partial charge on any atom is -0.357 e. The molecule has 1 aliphatic rings. The number of hydrogen-bond acceptors (Lipinski definition) is 2. The van der Waals surface area contributed by atoms with Crippen molar-refractivity contribution in [2.75, 3.05) is 20.1 Å². The average molecular weight is 271 g/mol. The molecule has 1 saturated heterocycles. The van der Waals surface area contributed by atoms with E-state index in [2.05, 4.69) is 28.5 Å². The molecule has 1 aromatic carbocycles. The lowest BCUT2D eigenvalue weighted by Crippen LogP contribution is -2.42. The number of rotatable bonds is 3. The Bertz CT molecular complexity index is 572. The van der Waals surface area contributed by atoms with Crippen LogP contribution >= 0.6 is 0 Å². The van der Waals surface area contributed by atoms with Gasteiger partial charge in [0, 0.05) is 17.8 Å². The SMILES string of the molecule is CNCC(=O)N1CCCCC1c1cc2ccccc2[nH]1. The molecule has 0 spiro atoms. The highest BCUT2D eigenvalue weighted by Gasteiger charge is 2.28. The second-order valence-electron chi connectivity index (χ2n) is 5.44. The Morgan fingerprint density at radius 2 is 2.25 bits per heavy atom. The predicted octanol–water partition coefficient (Wildman–Crippen LogP) is 2.44. The van der Waals surface area contributed by atoms with Gasteiger partial charge < -0.3 is 15.2 Å². The van der Waals surface area contributed by atoms with Gasteiger partial charge in [-0.2, -0.15) is 0 Å². The van der Waals surface area contributed by atoms with E-state index in [1.54, 1.807) is 0 Å². The zero-order valence-electron chi connectivity index (χ0n) is 11.9. The van der Waals surface area contributed by atoms with Gasteiger partial charge in [0.15, 0.2) is 0 Å². The molecule has 1 atom stereocenters. The molecule has 2 N–H and O–H groups in total. The summed E-state index contributed by atoms with van der Waals surface area (Å²) in [5.41, 5.74) is 2.31. The van der Waals surface area contributed by atoms with Crippen LogP contribution in [0.2, 0.25) is 0 Å². The highest BCUT2D eigenvalue weighted by atomic mass is 16.2. The fourth-order valence-electron chi connectivity index (χ4n) is 3.08. The normalized spacial score (nSPS) is 19.4. The molecule has 20 heavy (non-hydrogen) atoms. The van der Waals surface area contributed by atoms with E-state index in [1.807, 2.05) is 24.1 Å². The van der Waals surface area contributed by atoms with Crippen molar-refractivity contribution in [3.05, 3.63) is 36.0 Å². The maximum atomic E-state index is 12.2. The van der Waals surface area contributed by atoms with Crippen molar-refractivity contribution in [1.29, 1.82) is 0 Å². The first kappa shape index (κ1) is 13.2. The number of carbonyl (C=O) groups is 1. The van der Waals surface area contributed by atoms with Crippen LogP contribution in [0, 0.1) is 0 Å². The predicted molar refractivity (Wildman–Crippen MR) is 80.5 cm³/mol. The summed E-state index contributed by atoms with van der Waals surface area (Å²) in [5, 5.41) is 4.18. The number of piperidine rings is 1. The lowest BCUT2D eigenvalue weighted by atomic mass is 9.99. The number of aromatic amines is 1. The number of amides is 1. The Balaban J connectivity index is 1.90. The number of carbonyl (C=O) groups excluding carboxylic acids is 1. The van der Waals surface area contributed by atoms with Crippen LogP contribution in [0.15, 0.2) is 30.3 Å². The highest BCUT2D eigenvalue weighted by molar-refractivity contribution is 5.81. The third-order valence-electron chi connectivity index (χ3n) is 4.06. The molecule has 0 radical (unpaired) electrons. The maximum absolute atomic E-state index is 12.2. The van der Waals surface area contributed by atoms with Gasteiger partial charge in [-0.05, 0) is 43.8 Å². The smallest absolute Gasteiger partial charge is 0.237 e. The fourth-order valence-corrected chi connectivity index (χ4v) is 3.08. The van der Waals surface area contributed by atoms with Crippen LogP contribution in [0.3, 0.4) is 0 Å². The van der Waals surface area contributed by atoms with Crippen molar-refractivity contribution in [3.63, 3.8) is 0 Å². The van der Waals surface area contributed by atoms with Crippen LogP contribution in [0.25, 0.3) is 10.9 Å². The molecule has 1 aromatic heterocycles. The molecule has 3 rings (SSSR count). The molecule has 1 unspecified atom stereocenters. The zero-order valence-corrected chi connectivity index (χ0v) is 11.9. The van der Waals surface area contributed by atoms with E-state index in [4.69, 9.17) is 0 Å². The van der Waals surface area contributed by atoms with Crippen molar-refractivity contribution in [1.82, 2.24) is 15.2 Å². The fraction of sp³-hybridized carbons (Fsp3) is 0.438. The quantitative estimate of drug-likeness (QED) is 0.901. The van der Waals surface area contributed by atoms with Gasteiger partial charge in [-0.15, -0.1) is 0 Å². The molecular formula is C16H21N3O. The van der Waals surface area contributed by atoms with Crippen LogP contribution in [-0.4, -0.2) is 35.9 Å². The lowest BCUT2D eigenvalue weighted by molar-refractivity contribution is -0.134. The number of hydrogen-bond donors (Lipinski definition) is 2. The van der Waals surface area contributed by atoms with Crippen LogP contribution in [0.1, 0.15) is 31.0 Å². The van der Waals surface area contributed by atoms with Gasteiger partial charge in [0.05, 0.1) is 12.6 Å². The third-order valence-corrected chi connectivity index (χ3v) is 4.06. The molecule has 4 heteroatoms. The molecule has 106 valence electrons. The summed E-state index contributed by atoms with van der Waals surface area (Å²) in [4.78, 5) is 17.7. The molecule has 4 nitrogen and oxygen atoms in total. The van der Waals surface area contributed by atoms with Gasteiger partial charge in [-0.1, -0.05) is 18.2 Å². The minimum atomic E-state index is 0.191. The second-order valence-corrected chi connectivity index (χ2v) is 5.44. The van der Waals surface area contributed by atoms with Crippen molar-refractivity contribution in [2.24, 2.45) is 0 Å². The Hall–Kier alpha value is -1.81. The lowest BCUT2D eigenvalue weighted by Gasteiger charge is -2.35. The van der Waals surface area contributed by atoms with Crippen LogP contribution in [0.4, 0.5) is 0 Å². The third kappa shape index (κ3) is 2.43. The van der Waals surface area contributed by atoms with Crippen LogP contribution in [-0.2, 0) is 4.79 Å². The number of para-hydroxylation sites is 1.